The number of hydrogen-bond donors (Lipinski definition) is 1. The summed E-state index contributed by atoms with van der Waals surface area (Å²) in [6.45, 7) is 2.99. The summed E-state index contributed by atoms with van der Waals surface area (Å²) in [5, 5.41) is 4.16. The highest BCUT2D eigenvalue weighted by atomic mass is 35.5. The fraction of sp³-hybridized carbons (Fsp3) is 0.412. The highest BCUT2D eigenvalue weighted by Gasteiger charge is 2.17. The number of fused-ring (bicyclic) bond motifs is 1. The maximum atomic E-state index is 6.05. The van der Waals surface area contributed by atoms with Crippen molar-refractivity contribution in [1.29, 1.82) is 0 Å². The van der Waals surface area contributed by atoms with Gasteiger partial charge in [-0.3, -0.25) is 0 Å². The van der Waals surface area contributed by atoms with Crippen LogP contribution in [0, 0.1) is 0 Å². The maximum absolute atomic E-state index is 6.05. The molecular formula is C17H20ClN3. The van der Waals surface area contributed by atoms with Crippen molar-refractivity contribution in [1.82, 2.24) is 9.97 Å². The summed E-state index contributed by atoms with van der Waals surface area (Å²) >= 11 is 6.05. The second kappa shape index (κ2) is 6.44. The molecule has 0 fully saturated rings. The minimum absolute atomic E-state index is 0.728. The van der Waals surface area contributed by atoms with Crippen LogP contribution in [0.4, 0.5) is 5.82 Å². The lowest BCUT2D eigenvalue weighted by Gasteiger charge is -2.19. The lowest BCUT2D eigenvalue weighted by atomic mass is 9.96. The third-order valence-corrected chi connectivity index (χ3v) is 4.06. The SMILES string of the molecule is CCNc1nc(Cc2cccc(Cl)c2)nc2c1CCCC2. The molecular weight excluding hydrogens is 282 g/mol. The van der Waals surface area contributed by atoms with E-state index >= 15 is 0 Å². The molecule has 0 spiro atoms. The van der Waals surface area contributed by atoms with Gasteiger partial charge < -0.3 is 5.32 Å². The Morgan fingerprint density at radius 1 is 1.19 bits per heavy atom. The number of benzene rings is 1. The first-order valence-corrected chi connectivity index (χ1v) is 8.01. The first kappa shape index (κ1) is 14.3. The van der Waals surface area contributed by atoms with Gasteiger partial charge in [0.2, 0.25) is 0 Å². The highest BCUT2D eigenvalue weighted by molar-refractivity contribution is 6.30. The molecule has 21 heavy (non-hydrogen) atoms. The summed E-state index contributed by atoms with van der Waals surface area (Å²) in [5.74, 6) is 1.91. The van der Waals surface area contributed by atoms with Gasteiger partial charge in [0.05, 0.1) is 0 Å². The number of anilines is 1. The molecule has 0 unspecified atom stereocenters. The van der Waals surface area contributed by atoms with Crippen LogP contribution in [-0.2, 0) is 19.3 Å². The summed E-state index contributed by atoms with van der Waals surface area (Å²) < 4.78 is 0. The second-order valence-electron chi connectivity index (χ2n) is 5.46. The summed E-state index contributed by atoms with van der Waals surface area (Å²) in [4.78, 5) is 9.52. The second-order valence-corrected chi connectivity index (χ2v) is 5.89. The number of aromatic nitrogens is 2. The van der Waals surface area contributed by atoms with E-state index in [1.165, 1.54) is 24.1 Å². The predicted octanol–water partition coefficient (Wildman–Crippen LogP) is 4.03. The molecule has 0 aliphatic heterocycles. The molecule has 0 atom stereocenters. The van der Waals surface area contributed by atoms with E-state index in [1.807, 2.05) is 18.2 Å². The van der Waals surface area contributed by atoms with Crippen LogP contribution in [0.3, 0.4) is 0 Å². The van der Waals surface area contributed by atoms with Crippen LogP contribution in [0.2, 0.25) is 5.02 Å². The Morgan fingerprint density at radius 2 is 2.05 bits per heavy atom. The molecule has 1 heterocycles. The average molecular weight is 302 g/mol. The highest BCUT2D eigenvalue weighted by Crippen LogP contribution is 2.26. The Bertz CT molecular complexity index is 640. The molecule has 2 aromatic rings. The van der Waals surface area contributed by atoms with Crippen molar-refractivity contribution >= 4 is 17.4 Å². The number of rotatable bonds is 4. The van der Waals surface area contributed by atoms with Crippen LogP contribution in [-0.4, -0.2) is 16.5 Å². The largest absolute Gasteiger partial charge is 0.370 e. The van der Waals surface area contributed by atoms with Crippen molar-refractivity contribution in [3.8, 4) is 0 Å². The first-order chi connectivity index (χ1) is 10.3. The molecule has 0 saturated carbocycles. The fourth-order valence-corrected chi connectivity index (χ4v) is 3.08. The van der Waals surface area contributed by atoms with Crippen LogP contribution in [0.1, 0.15) is 42.4 Å². The smallest absolute Gasteiger partial charge is 0.135 e. The molecule has 1 aromatic carbocycles. The third-order valence-electron chi connectivity index (χ3n) is 3.82. The van der Waals surface area contributed by atoms with Gasteiger partial charge >= 0.3 is 0 Å². The molecule has 1 N–H and O–H groups in total. The summed E-state index contributed by atoms with van der Waals surface area (Å²) in [7, 11) is 0. The van der Waals surface area contributed by atoms with E-state index in [-0.39, 0.29) is 0 Å². The number of nitrogens with zero attached hydrogens (tertiary/aromatic N) is 2. The van der Waals surface area contributed by atoms with Gasteiger partial charge in [0.25, 0.3) is 0 Å². The van der Waals surface area contributed by atoms with Crippen molar-refractivity contribution in [2.45, 2.75) is 39.0 Å². The lowest BCUT2D eigenvalue weighted by Crippen LogP contribution is -2.15. The number of hydrogen-bond acceptors (Lipinski definition) is 3. The summed E-state index contributed by atoms with van der Waals surface area (Å²) in [6, 6.07) is 7.92. The van der Waals surface area contributed by atoms with Gasteiger partial charge in [-0.2, -0.15) is 0 Å². The van der Waals surface area contributed by atoms with Crippen LogP contribution in [0.25, 0.3) is 0 Å². The molecule has 0 bridgehead atoms. The fourth-order valence-electron chi connectivity index (χ4n) is 2.87. The zero-order valence-electron chi connectivity index (χ0n) is 12.3. The zero-order valence-corrected chi connectivity index (χ0v) is 13.1. The minimum atomic E-state index is 0.728. The van der Waals surface area contributed by atoms with Crippen LogP contribution in [0.15, 0.2) is 24.3 Å². The molecule has 4 heteroatoms. The summed E-state index contributed by atoms with van der Waals surface area (Å²) in [6.07, 6.45) is 5.36. The molecule has 0 radical (unpaired) electrons. The van der Waals surface area contributed by atoms with Crippen molar-refractivity contribution < 1.29 is 0 Å². The third kappa shape index (κ3) is 3.35. The van der Waals surface area contributed by atoms with E-state index < -0.39 is 0 Å². The number of aryl methyl sites for hydroxylation is 1. The van der Waals surface area contributed by atoms with Gasteiger partial charge in [0, 0.05) is 29.2 Å². The van der Waals surface area contributed by atoms with E-state index in [9.17, 15) is 0 Å². The average Bonchev–Trinajstić information content (AvgIpc) is 2.47. The Kier molecular flexibility index (Phi) is 4.39. The molecule has 1 aromatic heterocycles. The molecule has 1 aliphatic rings. The van der Waals surface area contributed by atoms with E-state index in [0.717, 1.165) is 48.0 Å². The lowest BCUT2D eigenvalue weighted by molar-refractivity contribution is 0.657. The van der Waals surface area contributed by atoms with E-state index in [4.69, 9.17) is 21.6 Å². The Morgan fingerprint density at radius 3 is 2.86 bits per heavy atom. The molecule has 3 rings (SSSR count). The number of halogens is 1. The Labute approximate surface area is 130 Å². The standard InChI is InChI=1S/C17H20ClN3/c1-2-19-17-14-8-3-4-9-15(14)20-16(21-17)11-12-6-5-7-13(18)10-12/h5-7,10H,2-4,8-9,11H2,1H3,(H,19,20,21). The topological polar surface area (TPSA) is 37.8 Å². The van der Waals surface area contributed by atoms with Crippen molar-refractivity contribution in [2.24, 2.45) is 0 Å². The molecule has 1 aliphatic carbocycles. The Balaban J connectivity index is 1.93. The molecule has 3 nitrogen and oxygen atoms in total. The summed E-state index contributed by atoms with van der Waals surface area (Å²) in [5.41, 5.74) is 3.70. The normalized spacial score (nSPS) is 13.8. The quantitative estimate of drug-likeness (QED) is 0.926. The molecule has 0 saturated heterocycles. The zero-order chi connectivity index (χ0) is 14.7. The van der Waals surface area contributed by atoms with Gasteiger partial charge in [-0.05, 0) is 50.3 Å². The van der Waals surface area contributed by atoms with Crippen LogP contribution >= 0.6 is 11.6 Å². The van der Waals surface area contributed by atoms with Crippen LogP contribution < -0.4 is 5.32 Å². The van der Waals surface area contributed by atoms with Crippen molar-refractivity contribution in [2.75, 3.05) is 11.9 Å². The van der Waals surface area contributed by atoms with Gasteiger partial charge in [0.15, 0.2) is 0 Å². The van der Waals surface area contributed by atoms with Crippen molar-refractivity contribution in [3.63, 3.8) is 0 Å². The monoisotopic (exact) mass is 301 g/mol. The van der Waals surface area contributed by atoms with Gasteiger partial charge in [0.1, 0.15) is 11.6 Å². The molecule has 0 amide bonds. The maximum Gasteiger partial charge on any atom is 0.135 e. The number of nitrogens with one attached hydrogen (secondary N) is 1. The van der Waals surface area contributed by atoms with E-state index in [0.29, 0.717) is 0 Å². The van der Waals surface area contributed by atoms with Crippen LogP contribution in [0.5, 0.6) is 0 Å². The minimum Gasteiger partial charge on any atom is -0.370 e. The van der Waals surface area contributed by atoms with Gasteiger partial charge in [-0.25, -0.2) is 9.97 Å². The van der Waals surface area contributed by atoms with Gasteiger partial charge in [-0.1, -0.05) is 23.7 Å². The van der Waals surface area contributed by atoms with E-state index in [1.54, 1.807) is 0 Å². The van der Waals surface area contributed by atoms with E-state index in [2.05, 4.69) is 18.3 Å². The predicted molar refractivity (Wildman–Crippen MR) is 87.1 cm³/mol. The Hall–Kier alpha value is -1.61. The molecule has 110 valence electrons. The first-order valence-electron chi connectivity index (χ1n) is 7.63. The van der Waals surface area contributed by atoms with Crippen molar-refractivity contribution in [3.05, 3.63) is 51.9 Å². The van der Waals surface area contributed by atoms with Gasteiger partial charge in [-0.15, -0.1) is 0 Å².